The van der Waals surface area contributed by atoms with Crippen molar-refractivity contribution in [2.24, 2.45) is 5.73 Å². The van der Waals surface area contributed by atoms with E-state index < -0.39 is 5.91 Å². The molecule has 0 spiro atoms. The van der Waals surface area contributed by atoms with Crippen molar-refractivity contribution < 1.29 is 19.1 Å². The van der Waals surface area contributed by atoms with Gasteiger partial charge in [-0.05, 0) is 42.5 Å². The molecule has 0 bridgehead atoms. The summed E-state index contributed by atoms with van der Waals surface area (Å²) in [4.78, 5) is 29.3. The Morgan fingerprint density at radius 2 is 2.19 bits per heavy atom. The number of amidine groups is 1. The summed E-state index contributed by atoms with van der Waals surface area (Å²) in [5, 5.41) is 10.4. The lowest BCUT2D eigenvalue weighted by Crippen LogP contribution is -2.27. The molecule has 3 rings (SSSR count). The minimum absolute atomic E-state index is 0.104. The van der Waals surface area contributed by atoms with Crippen molar-refractivity contribution in [3.05, 3.63) is 40.2 Å². The highest BCUT2D eigenvalue weighted by Crippen LogP contribution is 2.37. The van der Waals surface area contributed by atoms with Crippen LogP contribution >= 0.6 is 23.1 Å². The lowest BCUT2D eigenvalue weighted by molar-refractivity contribution is -0.120. The molecule has 1 aliphatic heterocycles. The number of carbonyl (C=O) groups excluding carboxylic acids is 2. The zero-order chi connectivity index (χ0) is 19.4. The van der Waals surface area contributed by atoms with Gasteiger partial charge in [-0.15, -0.1) is 11.3 Å². The maximum Gasteiger partial charge on any atom is 0.273 e. The van der Waals surface area contributed by atoms with Gasteiger partial charge in [-0.2, -0.15) is 0 Å². The number of amides is 2. The van der Waals surface area contributed by atoms with Crippen molar-refractivity contribution in [1.29, 1.82) is 5.41 Å². The van der Waals surface area contributed by atoms with Gasteiger partial charge in [0.15, 0.2) is 28.4 Å². The monoisotopic (exact) mass is 404 g/mol. The lowest BCUT2D eigenvalue weighted by Gasteiger charge is -2.11. The molecule has 10 heteroatoms. The van der Waals surface area contributed by atoms with Crippen molar-refractivity contribution >= 4 is 51.3 Å². The molecule has 2 amide bonds. The highest BCUT2D eigenvalue weighted by molar-refractivity contribution is 8.19. The Kier molecular flexibility index (Phi) is 5.77. The molecule has 1 saturated heterocycles. The van der Waals surface area contributed by atoms with Gasteiger partial charge in [-0.3, -0.25) is 15.0 Å². The third-order valence-electron chi connectivity index (χ3n) is 3.37. The van der Waals surface area contributed by atoms with E-state index in [-0.39, 0.29) is 17.7 Å². The highest BCUT2D eigenvalue weighted by atomic mass is 32.2. The van der Waals surface area contributed by atoms with Gasteiger partial charge in [0.2, 0.25) is 0 Å². The maximum absolute atomic E-state index is 12.6. The van der Waals surface area contributed by atoms with E-state index in [0.29, 0.717) is 33.7 Å². The molecule has 0 unspecified atom stereocenters. The molecule has 1 fully saturated rings. The Bertz CT molecular complexity index is 912. The summed E-state index contributed by atoms with van der Waals surface area (Å²) < 4.78 is 10.9. The first-order chi connectivity index (χ1) is 13.0. The standard InChI is InChI=1S/C17H16N4O4S2/c1-2-24-12-7-10(3-4-11(12)25-9-14(18)22)8-13-15(23)21(16(19)27-13)17-20-5-6-26-17/h3-8,19H,2,9H2,1H3,(H2,18,22). The Morgan fingerprint density at radius 3 is 2.85 bits per heavy atom. The number of anilines is 1. The van der Waals surface area contributed by atoms with Gasteiger partial charge in [-0.25, -0.2) is 9.88 Å². The third kappa shape index (κ3) is 4.29. The maximum atomic E-state index is 12.6. The van der Waals surface area contributed by atoms with Crippen LogP contribution in [-0.4, -0.2) is 35.2 Å². The highest BCUT2D eigenvalue weighted by Gasteiger charge is 2.35. The fraction of sp³-hybridized carbons (Fsp3) is 0.176. The van der Waals surface area contributed by atoms with Crippen LogP contribution in [-0.2, 0) is 9.59 Å². The van der Waals surface area contributed by atoms with Gasteiger partial charge < -0.3 is 15.2 Å². The topological polar surface area (TPSA) is 119 Å². The van der Waals surface area contributed by atoms with E-state index in [0.717, 1.165) is 11.8 Å². The second kappa shape index (κ2) is 8.23. The van der Waals surface area contributed by atoms with E-state index in [1.807, 2.05) is 6.92 Å². The summed E-state index contributed by atoms with van der Waals surface area (Å²) in [6, 6.07) is 5.08. The molecule has 1 aromatic heterocycles. The number of aromatic nitrogens is 1. The van der Waals surface area contributed by atoms with E-state index in [1.54, 1.807) is 35.9 Å². The molecular formula is C17H16N4O4S2. The molecule has 1 aromatic carbocycles. The second-order valence-corrected chi connectivity index (χ2v) is 7.17. The number of hydrogen-bond donors (Lipinski definition) is 2. The quantitative estimate of drug-likeness (QED) is 0.684. The molecule has 3 N–H and O–H groups in total. The molecule has 8 nitrogen and oxygen atoms in total. The predicted octanol–water partition coefficient (Wildman–Crippen LogP) is 2.46. The van der Waals surface area contributed by atoms with E-state index in [1.165, 1.54) is 16.2 Å². The zero-order valence-electron chi connectivity index (χ0n) is 14.3. The number of benzene rings is 1. The summed E-state index contributed by atoms with van der Waals surface area (Å²) in [6.45, 7) is 1.98. The van der Waals surface area contributed by atoms with Gasteiger partial charge in [0, 0.05) is 11.6 Å². The second-order valence-electron chi connectivity index (χ2n) is 5.27. The fourth-order valence-corrected chi connectivity index (χ4v) is 3.83. The number of rotatable bonds is 7. The number of thiazole rings is 1. The van der Waals surface area contributed by atoms with Gasteiger partial charge in [-0.1, -0.05) is 6.07 Å². The van der Waals surface area contributed by atoms with E-state index in [2.05, 4.69) is 4.98 Å². The molecule has 140 valence electrons. The first-order valence-corrected chi connectivity index (χ1v) is 9.59. The summed E-state index contributed by atoms with van der Waals surface area (Å²) in [6.07, 6.45) is 3.27. The molecule has 27 heavy (non-hydrogen) atoms. The molecular weight excluding hydrogens is 388 g/mol. The number of nitrogens with zero attached hydrogens (tertiary/aromatic N) is 2. The van der Waals surface area contributed by atoms with Gasteiger partial charge >= 0.3 is 0 Å². The number of nitrogens with one attached hydrogen (secondary N) is 1. The predicted molar refractivity (Wildman–Crippen MR) is 105 cm³/mol. The summed E-state index contributed by atoms with van der Waals surface area (Å²) in [5.74, 6) is -0.0555. The van der Waals surface area contributed by atoms with E-state index in [4.69, 9.17) is 20.6 Å². The summed E-state index contributed by atoms with van der Waals surface area (Å²) in [7, 11) is 0. The SMILES string of the molecule is CCOc1cc(C=C2SC(=N)N(c3nccs3)C2=O)ccc1OCC(N)=O. The van der Waals surface area contributed by atoms with Crippen molar-refractivity contribution in [3.8, 4) is 11.5 Å². The van der Waals surface area contributed by atoms with Crippen molar-refractivity contribution in [2.45, 2.75) is 6.92 Å². The Balaban J connectivity index is 1.86. The number of carbonyl (C=O) groups is 2. The first-order valence-electron chi connectivity index (χ1n) is 7.89. The molecule has 0 aliphatic carbocycles. The number of ether oxygens (including phenoxy) is 2. The average molecular weight is 404 g/mol. The van der Waals surface area contributed by atoms with Crippen LogP contribution in [0.25, 0.3) is 6.08 Å². The first kappa shape index (κ1) is 18.9. The molecule has 0 atom stereocenters. The number of thioether (sulfide) groups is 1. The molecule has 0 saturated carbocycles. The number of hydrogen-bond acceptors (Lipinski definition) is 8. The van der Waals surface area contributed by atoms with Crippen LogP contribution in [0.5, 0.6) is 11.5 Å². The minimum Gasteiger partial charge on any atom is -0.490 e. The molecule has 0 radical (unpaired) electrons. The summed E-state index contributed by atoms with van der Waals surface area (Å²) >= 11 is 2.36. The number of primary amides is 1. The Hall–Kier alpha value is -2.85. The zero-order valence-corrected chi connectivity index (χ0v) is 15.9. The van der Waals surface area contributed by atoms with Crippen molar-refractivity contribution in [3.63, 3.8) is 0 Å². The van der Waals surface area contributed by atoms with Crippen LogP contribution in [0.3, 0.4) is 0 Å². The Morgan fingerprint density at radius 1 is 1.37 bits per heavy atom. The molecule has 2 heterocycles. The number of nitrogens with two attached hydrogens (primary N) is 1. The van der Waals surface area contributed by atoms with Crippen LogP contribution in [0, 0.1) is 5.41 Å². The smallest absolute Gasteiger partial charge is 0.273 e. The van der Waals surface area contributed by atoms with Crippen LogP contribution < -0.4 is 20.1 Å². The average Bonchev–Trinajstić information content (AvgIpc) is 3.23. The van der Waals surface area contributed by atoms with Crippen LogP contribution in [0.4, 0.5) is 5.13 Å². The third-order valence-corrected chi connectivity index (χ3v) is 5.01. The van der Waals surface area contributed by atoms with Gasteiger partial charge in [0.05, 0.1) is 11.5 Å². The molecule has 2 aromatic rings. The normalized spacial score (nSPS) is 15.4. The minimum atomic E-state index is -0.586. The molecule has 1 aliphatic rings. The van der Waals surface area contributed by atoms with Crippen molar-refractivity contribution in [2.75, 3.05) is 18.1 Å². The largest absolute Gasteiger partial charge is 0.490 e. The van der Waals surface area contributed by atoms with Gasteiger partial charge in [0.1, 0.15) is 0 Å². The van der Waals surface area contributed by atoms with Crippen molar-refractivity contribution in [1.82, 2.24) is 4.98 Å². The van der Waals surface area contributed by atoms with Crippen LogP contribution in [0.15, 0.2) is 34.7 Å². The van der Waals surface area contributed by atoms with Crippen LogP contribution in [0.2, 0.25) is 0 Å². The fourth-order valence-electron chi connectivity index (χ4n) is 2.29. The Labute approximate surface area is 163 Å². The lowest BCUT2D eigenvalue weighted by atomic mass is 10.2. The van der Waals surface area contributed by atoms with E-state index in [9.17, 15) is 9.59 Å². The summed E-state index contributed by atoms with van der Waals surface area (Å²) in [5.41, 5.74) is 5.80. The van der Waals surface area contributed by atoms with Crippen LogP contribution in [0.1, 0.15) is 12.5 Å². The van der Waals surface area contributed by atoms with Gasteiger partial charge in [0.25, 0.3) is 11.8 Å². The van der Waals surface area contributed by atoms with E-state index >= 15 is 0 Å².